The molecule has 1 heterocycles. The normalized spacial score (nSPS) is 16.9. The SMILES string of the molecule is CC(C)OC(=O)c1cccc(N2C(=O)C(=O)/C(=C(/O)c3ccc([N+](=O)[O-])cc3)C2c2ccccc2)c1. The van der Waals surface area contributed by atoms with Crippen LogP contribution in [0.4, 0.5) is 11.4 Å². The summed E-state index contributed by atoms with van der Waals surface area (Å²) >= 11 is 0. The van der Waals surface area contributed by atoms with Gasteiger partial charge in [0.1, 0.15) is 5.76 Å². The van der Waals surface area contributed by atoms with Crippen molar-refractivity contribution in [2.45, 2.75) is 26.0 Å². The number of non-ortho nitro benzene ring substituents is 1. The van der Waals surface area contributed by atoms with Crippen LogP contribution in [0.15, 0.2) is 84.4 Å². The number of ketones is 1. The molecule has 1 aliphatic rings. The van der Waals surface area contributed by atoms with E-state index in [4.69, 9.17) is 4.74 Å². The summed E-state index contributed by atoms with van der Waals surface area (Å²) in [5, 5.41) is 22.1. The predicted molar refractivity (Wildman–Crippen MR) is 131 cm³/mol. The van der Waals surface area contributed by atoms with E-state index in [0.29, 0.717) is 5.56 Å². The monoisotopic (exact) mass is 486 g/mol. The van der Waals surface area contributed by atoms with Crippen molar-refractivity contribution in [2.24, 2.45) is 0 Å². The maximum absolute atomic E-state index is 13.3. The molecule has 0 bridgehead atoms. The number of amides is 1. The van der Waals surface area contributed by atoms with Crippen molar-refractivity contribution in [3.8, 4) is 0 Å². The first-order chi connectivity index (χ1) is 17.2. The summed E-state index contributed by atoms with van der Waals surface area (Å²) in [6, 6.07) is 18.8. The highest BCUT2D eigenvalue weighted by Gasteiger charge is 2.47. The molecular weight excluding hydrogens is 464 g/mol. The minimum absolute atomic E-state index is 0.147. The summed E-state index contributed by atoms with van der Waals surface area (Å²) in [5.41, 5.74) is 0.813. The summed E-state index contributed by atoms with van der Waals surface area (Å²) in [7, 11) is 0. The van der Waals surface area contributed by atoms with Crippen molar-refractivity contribution >= 4 is 34.8 Å². The van der Waals surface area contributed by atoms with Gasteiger partial charge in [-0.05, 0) is 49.7 Å². The molecule has 1 unspecified atom stereocenters. The molecule has 182 valence electrons. The summed E-state index contributed by atoms with van der Waals surface area (Å²) < 4.78 is 5.25. The van der Waals surface area contributed by atoms with Gasteiger partial charge in [-0.1, -0.05) is 36.4 Å². The second-order valence-electron chi connectivity index (χ2n) is 8.39. The molecule has 1 saturated heterocycles. The number of carbonyl (C=O) groups is 3. The lowest BCUT2D eigenvalue weighted by molar-refractivity contribution is -0.384. The average molecular weight is 486 g/mol. The molecule has 3 aromatic carbocycles. The summed E-state index contributed by atoms with van der Waals surface area (Å²) in [4.78, 5) is 50.6. The first-order valence-corrected chi connectivity index (χ1v) is 11.1. The van der Waals surface area contributed by atoms with Gasteiger partial charge in [0.15, 0.2) is 0 Å². The number of rotatable bonds is 6. The molecule has 9 nitrogen and oxygen atoms in total. The van der Waals surface area contributed by atoms with Gasteiger partial charge in [-0.25, -0.2) is 4.79 Å². The van der Waals surface area contributed by atoms with E-state index in [2.05, 4.69) is 0 Å². The van der Waals surface area contributed by atoms with E-state index in [1.165, 1.54) is 35.2 Å². The lowest BCUT2D eigenvalue weighted by atomic mass is 9.95. The third-order valence-electron chi connectivity index (χ3n) is 5.61. The quantitative estimate of drug-likeness (QED) is 0.133. The molecule has 1 atom stereocenters. The van der Waals surface area contributed by atoms with Crippen LogP contribution >= 0.6 is 0 Å². The Morgan fingerprint density at radius 1 is 0.972 bits per heavy atom. The highest BCUT2D eigenvalue weighted by atomic mass is 16.6. The number of hydrogen-bond donors (Lipinski definition) is 1. The first-order valence-electron chi connectivity index (χ1n) is 11.1. The fourth-order valence-electron chi connectivity index (χ4n) is 4.01. The Kier molecular flexibility index (Phi) is 6.64. The van der Waals surface area contributed by atoms with Crippen LogP contribution in [0.2, 0.25) is 0 Å². The maximum atomic E-state index is 13.3. The van der Waals surface area contributed by atoms with E-state index in [1.807, 2.05) is 0 Å². The first kappa shape index (κ1) is 24.3. The molecule has 0 aromatic heterocycles. The van der Waals surface area contributed by atoms with Crippen LogP contribution in [0.25, 0.3) is 5.76 Å². The van der Waals surface area contributed by atoms with E-state index in [0.717, 1.165) is 0 Å². The Bertz CT molecular complexity index is 1380. The van der Waals surface area contributed by atoms with Crippen LogP contribution in [0, 0.1) is 10.1 Å². The standard InChI is InChI=1S/C27H22N2O7/c1-16(2)36-27(33)19-9-6-10-21(15-19)28-23(17-7-4-3-5-8-17)22(25(31)26(28)32)24(30)18-11-13-20(14-12-18)29(34)35/h3-16,23,30H,1-2H3/b24-22+. The molecule has 1 fully saturated rings. The molecular formula is C27H22N2O7. The minimum Gasteiger partial charge on any atom is -0.507 e. The third-order valence-corrected chi connectivity index (χ3v) is 5.61. The third kappa shape index (κ3) is 4.58. The zero-order chi connectivity index (χ0) is 26.0. The summed E-state index contributed by atoms with van der Waals surface area (Å²) in [5.74, 6) is -2.85. The summed E-state index contributed by atoms with van der Waals surface area (Å²) in [6.07, 6.45) is -0.346. The lowest BCUT2D eigenvalue weighted by Gasteiger charge is -2.25. The number of carbonyl (C=O) groups excluding carboxylic acids is 3. The smallest absolute Gasteiger partial charge is 0.338 e. The Morgan fingerprint density at radius 3 is 2.25 bits per heavy atom. The maximum Gasteiger partial charge on any atom is 0.338 e. The molecule has 4 rings (SSSR count). The largest absolute Gasteiger partial charge is 0.507 e. The zero-order valence-electron chi connectivity index (χ0n) is 19.5. The molecule has 0 spiro atoms. The van der Waals surface area contributed by atoms with Crippen molar-refractivity contribution in [3.63, 3.8) is 0 Å². The van der Waals surface area contributed by atoms with E-state index in [-0.39, 0.29) is 34.2 Å². The molecule has 0 radical (unpaired) electrons. The van der Waals surface area contributed by atoms with Crippen LogP contribution in [-0.4, -0.2) is 33.8 Å². The number of aliphatic hydroxyl groups is 1. The molecule has 0 saturated carbocycles. The van der Waals surface area contributed by atoms with Gasteiger partial charge in [-0.15, -0.1) is 0 Å². The molecule has 1 aliphatic heterocycles. The van der Waals surface area contributed by atoms with Gasteiger partial charge < -0.3 is 9.84 Å². The Labute approximate surface area is 206 Å². The fraction of sp³-hybridized carbons (Fsp3) is 0.148. The van der Waals surface area contributed by atoms with Gasteiger partial charge in [0.05, 0.1) is 28.2 Å². The van der Waals surface area contributed by atoms with E-state index in [1.54, 1.807) is 62.4 Å². The van der Waals surface area contributed by atoms with Gasteiger partial charge in [0.25, 0.3) is 17.4 Å². The van der Waals surface area contributed by atoms with E-state index >= 15 is 0 Å². The number of Topliss-reactive ketones (excluding diaryl/α,β-unsaturated/α-hetero) is 1. The number of nitro benzene ring substituents is 1. The van der Waals surface area contributed by atoms with Crippen LogP contribution in [0.3, 0.4) is 0 Å². The number of nitrogens with zero attached hydrogens (tertiary/aromatic N) is 2. The molecule has 9 heteroatoms. The number of anilines is 1. The molecule has 3 aromatic rings. The molecule has 1 N–H and O–H groups in total. The van der Waals surface area contributed by atoms with Crippen LogP contribution in [0.1, 0.15) is 41.4 Å². The number of hydrogen-bond acceptors (Lipinski definition) is 7. The highest BCUT2D eigenvalue weighted by Crippen LogP contribution is 2.42. The minimum atomic E-state index is -1.00. The van der Waals surface area contributed by atoms with Gasteiger partial charge in [0, 0.05) is 23.4 Å². The van der Waals surface area contributed by atoms with Crippen molar-refractivity contribution < 1.29 is 29.2 Å². The number of benzene rings is 3. The highest BCUT2D eigenvalue weighted by molar-refractivity contribution is 6.51. The number of aliphatic hydroxyl groups excluding tert-OH is 1. The molecule has 1 amide bonds. The van der Waals surface area contributed by atoms with Crippen molar-refractivity contribution in [3.05, 3.63) is 111 Å². The molecule has 0 aliphatic carbocycles. The number of esters is 1. The van der Waals surface area contributed by atoms with Crippen LogP contribution < -0.4 is 4.90 Å². The number of nitro groups is 1. The Balaban J connectivity index is 1.86. The van der Waals surface area contributed by atoms with Crippen molar-refractivity contribution in [1.82, 2.24) is 0 Å². The van der Waals surface area contributed by atoms with Gasteiger partial charge >= 0.3 is 5.97 Å². The number of ether oxygens (including phenoxy) is 1. The van der Waals surface area contributed by atoms with Gasteiger partial charge in [-0.2, -0.15) is 0 Å². The Morgan fingerprint density at radius 2 is 1.64 bits per heavy atom. The predicted octanol–water partition coefficient (Wildman–Crippen LogP) is 4.79. The van der Waals surface area contributed by atoms with Gasteiger partial charge in [0.2, 0.25) is 0 Å². The topological polar surface area (TPSA) is 127 Å². The fourth-order valence-corrected chi connectivity index (χ4v) is 4.01. The van der Waals surface area contributed by atoms with Crippen LogP contribution in [0.5, 0.6) is 0 Å². The second kappa shape index (κ2) is 9.83. The second-order valence-corrected chi connectivity index (χ2v) is 8.39. The van der Waals surface area contributed by atoms with Crippen molar-refractivity contribution in [2.75, 3.05) is 4.90 Å². The average Bonchev–Trinajstić information content (AvgIpc) is 3.14. The van der Waals surface area contributed by atoms with E-state index in [9.17, 15) is 29.6 Å². The summed E-state index contributed by atoms with van der Waals surface area (Å²) in [6.45, 7) is 3.43. The van der Waals surface area contributed by atoms with Crippen LogP contribution in [-0.2, 0) is 14.3 Å². The van der Waals surface area contributed by atoms with Gasteiger partial charge in [-0.3, -0.25) is 24.6 Å². The Hall–Kier alpha value is -4.79. The lowest BCUT2D eigenvalue weighted by Crippen LogP contribution is -2.29. The zero-order valence-corrected chi connectivity index (χ0v) is 19.5. The van der Waals surface area contributed by atoms with E-state index < -0.39 is 34.4 Å². The molecule has 36 heavy (non-hydrogen) atoms. The van der Waals surface area contributed by atoms with Crippen molar-refractivity contribution in [1.29, 1.82) is 0 Å².